The lowest BCUT2D eigenvalue weighted by Gasteiger charge is -2.23. The van der Waals surface area contributed by atoms with E-state index in [9.17, 15) is 0 Å². The lowest BCUT2D eigenvalue weighted by atomic mass is 10.2. The van der Waals surface area contributed by atoms with Crippen molar-refractivity contribution in [2.24, 2.45) is 0 Å². The Bertz CT molecular complexity index is 397. The third-order valence-electron chi connectivity index (χ3n) is 3.62. The van der Waals surface area contributed by atoms with Gasteiger partial charge in [0, 0.05) is 28.6 Å². The van der Waals surface area contributed by atoms with Crippen LogP contribution in [0.3, 0.4) is 0 Å². The molecule has 1 aliphatic heterocycles. The zero-order valence-corrected chi connectivity index (χ0v) is 13.1. The van der Waals surface area contributed by atoms with Crippen LogP contribution in [-0.4, -0.2) is 30.6 Å². The van der Waals surface area contributed by atoms with Gasteiger partial charge in [-0.2, -0.15) is 0 Å². The van der Waals surface area contributed by atoms with Crippen molar-refractivity contribution in [3.8, 4) is 0 Å². The zero-order chi connectivity index (χ0) is 13.0. The smallest absolute Gasteiger partial charge is 0.0417 e. The quantitative estimate of drug-likeness (QED) is 0.885. The molecule has 0 radical (unpaired) electrons. The van der Waals surface area contributed by atoms with Gasteiger partial charge in [0.25, 0.3) is 0 Å². The molecule has 1 N–H and O–H groups in total. The van der Waals surface area contributed by atoms with Crippen LogP contribution in [0.15, 0.2) is 22.7 Å². The van der Waals surface area contributed by atoms with Crippen LogP contribution in [0.2, 0.25) is 5.02 Å². The minimum absolute atomic E-state index is 0.709. The van der Waals surface area contributed by atoms with Crippen LogP contribution in [0.25, 0.3) is 0 Å². The Balaban J connectivity index is 1.81. The molecule has 18 heavy (non-hydrogen) atoms. The summed E-state index contributed by atoms with van der Waals surface area (Å²) in [5.41, 5.74) is 1.26. The van der Waals surface area contributed by atoms with Crippen LogP contribution in [0.4, 0.5) is 0 Å². The first-order valence-corrected chi connectivity index (χ1v) is 7.76. The van der Waals surface area contributed by atoms with Crippen molar-refractivity contribution >= 4 is 27.5 Å². The van der Waals surface area contributed by atoms with Gasteiger partial charge < -0.3 is 5.32 Å². The third kappa shape index (κ3) is 3.70. The normalized spacial score (nSPS) is 20.5. The molecule has 1 aliphatic rings. The SMILES string of the molecule is CCN1CCCC1CNCc1ccc(Cl)cc1Br. The standard InChI is InChI=1S/C14H20BrClN2/c1-2-18-7-3-4-13(18)10-17-9-11-5-6-12(16)8-14(11)15/h5-6,8,13,17H,2-4,7,9-10H2,1H3. The topological polar surface area (TPSA) is 15.3 Å². The Kier molecular flexibility index (Phi) is 5.49. The van der Waals surface area contributed by atoms with Gasteiger partial charge in [-0.15, -0.1) is 0 Å². The fourth-order valence-electron chi connectivity index (χ4n) is 2.58. The summed E-state index contributed by atoms with van der Waals surface area (Å²) in [7, 11) is 0. The summed E-state index contributed by atoms with van der Waals surface area (Å²) in [4.78, 5) is 2.56. The molecule has 2 nitrogen and oxygen atoms in total. The first-order chi connectivity index (χ1) is 8.70. The van der Waals surface area contributed by atoms with Gasteiger partial charge in [0.1, 0.15) is 0 Å². The van der Waals surface area contributed by atoms with Crippen molar-refractivity contribution < 1.29 is 0 Å². The molecule has 1 fully saturated rings. The van der Waals surface area contributed by atoms with Crippen molar-refractivity contribution in [1.82, 2.24) is 10.2 Å². The van der Waals surface area contributed by atoms with Gasteiger partial charge in [0.15, 0.2) is 0 Å². The monoisotopic (exact) mass is 330 g/mol. The van der Waals surface area contributed by atoms with E-state index in [0.29, 0.717) is 6.04 Å². The maximum Gasteiger partial charge on any atom is 0.0417 e. The Morgan fingerprint density at radius 1 is 1.50 bits per heavy atom. The predicted octanol–water partition coefficient (Wildman–Crippen LogP) is 3.68. The van der Waals surface area contributed by atoms with Crippen LogP contribution >= 0.6 is 27.5 Å². The van der Waals surface area contributed by atoms with Crippen LogP contribution < -0.4 is 5.32 Å². The minimum atomic E-state index is 0.709. The van der Waals surface area contributed by atoms with E-state index < -0.39 is 0 Å². The second-order valence-corrected chi connectivity index (χ2v) is 6.08. The lowest BCUT2D eigenvalue weighted by molar-refractivity contribution is 0.260. The van der Waals surface area contributed by atoms with Gasteiger partial charge in [0.2, 0.25) is 0 Å². The van der Waals surface area contributed by atoms with E-state index in [0.717, 1.165) is 29.1 Å². The van der Waals surface area contributed by atoms with E-state index in [-0.39, 0.29) is 0 Å². The van der Waals surface area contributed by atoms with Crippen LogP contribution in [0, 0.1) is 0 Å². The molecule has 1 unspecified atom stereocenters. The molecule has 1 atom stereocenters. The molecule has 2 rings (SSSR count). The molecule has 0 aromatic heterocycles. The summed E-state index contributed by atoms with van der Waals surface area (Å²) >= 11 is 9.49. The van der Waals surface area contributed by atoms with E-state index in [1.807, 2.05) is 12.1 Å². The maximum absolute atomic E-state index is 5.94. The van der Waals surface area contributed by atoms with Crippen molar-refractivity contribution in [3.63, 3.8) is 0 Å². The second kappa shape index (κ2) is 6.90. The largest absolute Gasteiger partial charge is 0.311 e. The fourth-order valence-corrected chi connectivity index (χ4v) is 3.40. The number of likely N-dealkylation sites (tertiary alicyclic amines) is 1. The zero-order valence-electron chi connectivity index (χ0n) is 10.8. The molecule has 4 heteroatoms. The van der Waals surface area contributed by atoms with Crippen molar-refractivity contribution in [3.05, 3.63) is 33.3 Å². The first kappa shape index (κ1) is 14.3. The molecule has 0 aliphatic carbocycles. The molecule has 0 amide bonds. The maximum atomic E-state index is 5.94. The van der Waals surface area contributed by atoms with Gasteiger partial charge in [-0.05, 0) is 43.6 Å². The molecular formula is C14H20BrClN2. The van der Waals surface area contributed by atoms with Crippen LogP contribution in [-0.2, 0) is 6.54 Å². The van der Waals surface area contributed by atoms with E-state index in [1.54, 1.807) is 0 Å². The summed E-state index contributed by atoms with van der Waals surface area (Å²) in [6, 6.07) is 6.68. The molecule has 0 saturated carbocycles. The summed E-state index contributed by atoms with van der Waals surface area (Å²) in [5, 5.41) is 4.33. The van der Waals surface area contributed by atoms with Gasteiger partial charge in [-0.3, -0.25) is 4.90 Å². The predicted molar refractivity (Wildman–Crippen MR) is 81.1 cm³/mol. The highest BCUT2D eigenvalue weighted by atomic mass is 79.9. The van der Waals surface area contributed by atoms with E-state index in [2.05, 4.69) is 39.1 Å². The summed E-state index contributed by atoms with van der Waals surface area (Å²) in [6.45, 7) is 6.63. The van der Waals surface area contributed by atoms with Crippen molar-refractivity contribution in [2.45, 2.75) is 32.4 Å². The molecule has 0 spiro atoms. The van der Waals surface area contributed by atoms with E-state index in [1.165, 1.54) is 24.9 Å². The first-order valence-electron chi connectivity index (χ1n) is 6.59. The van der Waals surface area contributed by atoms with Crippen LogP contribution in [0.1, 0.15) is 25.3 Å². The van der Waals surface area contributed by atoms with Crippen molar-refractivity contribution in [1.29, 1.82) is 0 Å². The molecular weight excluding hydrogens is 312 g/mol. The second-order valence-electron chi connectivity index (χ2n) is 4.79. The Morgan fingerprint density at radius 2 is 2.33 bits per heavy atom. The van der Waals surface area contributed by atoms with Gasteiger partial charge in [0.05, 0.1) is 0 Å². The summed E-state index contributed by atoms with van der Waals surface area (Å²) < 4.78 is 1.08. The van der Waals surface area contributed by atoms with E-state index in [4.69, 9.17) is 11.6 Å². The third-order valence-corrected chi connectivity index (χ3v) is 4.59. The fraction of sp³-hybridized carbons (Fsp3) is 0.571. The highest BCUT2D eigenvalue weighted by molar-refractivity contribution is 9.10. The average Bonchev–Trinajstić information content (AvgIpc) is 2.79. The molecule has 1 saturated heterocycles. The molecule has 100 valence electrons. The highest BCUT2D eigenvalue weighted by Gasteiger charge is 2.22. The Hall–Kier alpha value is -0.0900. The van der Waals surface area contributed by atoms with Gasteiger partial charge in [-0.1, -0.05) is 40.5 Å². The molecule has 1 aromatic carbocycles. The summed E-state index contributed by atoms with van der Waals surface area (Å²) in [6.07, 6.45) is 2.66. The molecule has 1 aromatic rings. The number of hydrogen-bond acceptors (Lipinski definition) is 2. The Labute approximate surface area is 123 Å². The molecule has 1 heterocycles. The lowest BCUT2D eigenvalue weighted by Crippen LogP contribution is -2.37. The number of likely N-dealkylation sites (N-methyl/N-ethyl adjacent to an activating group) is 1. The number of hydrogen-bond donors (Lipinski definition) is 1. The van der Waals surface area contributed by atoms with Crippen LogP contribution in [0.5, 0.6) is 0 Å². The highest BCUT2D eigenvalue weighted by Crippen LogP contribution is 2.21. The number of nitrogens with one attached hydrogen (secondary N) is 1. The number of benzene rings is 1. The number of rotatable bonds is 5. The molecule has 0 bridgehead atoms. The van der Waals surface area contributed by atoms with Gasteiger partial charge in [-0.25, -0.2) is 0 Å². The minimum Gasteiger partial charge on any atom is -0.311 e. The number of nitrogens with zero attached hydrogens (tertiary/aromatic N) is 1. The number of halogens is 2. The van der Waals surface area contributed by atoms with Crippen molar-refractivity contribution in [2.75, 3.05) is 19.6 Å². The summed E-state index contributed by atoms with van der Waals surface area (Å²) in [5.74, 6) is 0. The Morgan fingerprint density at radius 3 is 3.06 bits per heavy atom. The average molecular weight is 332 g/mol. The van der Waals surface area contributed by atoms with Gasteiger partial charge >= 0.3 is 0 Å². The van der Waals surface area contributed by atoms with E-state index >= 15 is 0 Å².